The maximum absolute atomic E-state index is 12.9. The highest BCUT2D eigenvalue weighted by Crippen LogP contribution is 2.08. The Hall–Kier alpha value is -2.17. The lowest BCUT2D eigenvalue weighted by Crippen LogP contribution is -2.11. The lowest BCUT2D eigenvalue weighted by atomic mass is 10.1. The number of halogens is 1. The van der Waals surface area contributed by atoms with E-state index in [1.165, 1.54) is 12.1 Å². The van der Waals surface area contributed by atoms with Crippen LogP contribution in [0.5, 0.6) is 0 Å². The molecule has 94 valence electrons. The Kier molecular flexibility index (Phi) is 3.72. The van der Waals surface area contributed by atoms with E-state index in [4.69, 9.17) is 0 Å². The van der Waals surface area contributed by atoms with Gasteiger partial charge in [0.25, 0.3) is 0 Å². The molecule has 2 rings (SSSR count). The van der Waals surface area contributed by atoms with Crippen molar-refractivity contribution in [1.29, 1.82) is 0 Å². The molecule has 0 saturated carbocycles. The summed E-state index contributed by atoms with van der Waals surface area (Å²) >= 11 is 0. The third kappa shape index (κ3) is 3.41. The van der Waals surface area contributed by atoms with Crippen molar-refractivity contribution in [2.24, 2.45) is 7.05 Å². The van der Waals surface area contributed by atoms with E-state index in [1.807, 2.05) is 0 Å². The summed E-state index contributed by atoms with van der Waals surface area (Å²) in [6.45, 7) is 0. The molecule has 4 nitrogen and oxygen atoms in total. The molecule has 1 aromatic heterocycles. The number of hydrogen-bond acceptors (Lipinski definition) is 2. The number of anilines is 1. The molecule has 0 radical (unpaired) electrons. The van der Waals surface area contributed by atoms with Crippen LogP contribution in [0.3, 0.4) is 0 Å². The molecule has 0 aliphatic carbocycles. The second-order valence-electron chi connectivity index (χ2n) is 4.08. The zero-order chi connectivity index (χ0) is 13.0. The van der Waals surface area contributed by atoms with Gasteiger partial charge in [0.05, 0.1) is 11.9 Å². The van der Waals surface area contributed by atoms with Crippen LogP contribution >= 0.6 is 0 Å². The molecule has 0 fully saturated rings. The van der Waals surface area contributed by atoms with E-state index >= 15 is 0 Å². The van der Waals surface area contributed by atoms with E-state index in [9.17, 15) is 9.18 Å². The molecule has 0 aliphatic rings. The Bertz CT molecular complexity index is 551. The Morgan fingerprint density at radius 1 is 1.50 bits per heavy atom. The molecule has 5 heteroatoms. The van der Waals surface area contributed by atoms with Gasteiger partial charge in [0.15, 0.2) is 0 Å². The van der Waals surface area contributed by atoms with Crippen LogP contribution in [-0.4, -0.2) is 15.7 Å². The van der Waals surface area contributed by atoms with Crippen LogP contribution in [0.2, 0.25) is 0 Å². The molecule has 0 unspecified atom stereocenters. The largest absolute Gasteiger partial charge is 0.323 e. The molecule has 1 amide bonds. The number of hydrogen-bond donors (Lipinski definition) is 1. The molecule has 0 spiro atoms. The highest BCUT2D eigenvalue weighted by molar-refractivity contribution is 5.90. The summed E-state index contributed by atoms with van der Waals surface area (Å²) in [5.41, 5.74) is 1.48. The summed E-state index contributed by atoms with van der Waals surface area (Å²) < 4.78 is 14.5. The second kappa shape index (κ2) is 5.44. The average Bonchev–Trinajstić information content (AvgIpc) is 2.72. The van der Waals surface area contributed by atoms with Crippen molar-refractivity contribution in [3.8, 4) is 0 Å². The Balaban J connectivity index is 1.85. The number of carbonyl (C=O) groups is 1. The van der Waals surface area contributed by atoms with Gasteiger partial charge in [-0.15, -0.1) is 0 Å². The molecule has 18 heavy (non-hydrogen) atoms. The van der Waals surface area contributed by atoms with Crippen LogP contribution < -0.4 is 5.32 Å². The minimum atomic E-state index is -0.278. The number of nitrogens with zero attached hydrogens (tertiary/aromatic N) is 2. The Morgan fingerprint density at radius 2 is 2.33 bits per heavy atom. The first-order chi connectivity index (χ1) is 8.63. The quantitative estimate of drug-likeness (QED) is 0.899. The van der Waals surface area contributed by atoms with Gasteiger partial charge in [0, 0.05) is 19.7 Å². The van der Waals surface area contributed by atoms with Crippen LogP contribution in [0.4, 0.5) is 10.1 Å². The number of aromatic nitrogens is 2. The normalized spacial score (nSPS) is 10.3. The molecular weight excluding hydrogens is 233 g/mol. The van der Waals surface area contributed by atoms with Gasteiger partial charge in [0.1, 0.15) is 5.82 Å². The molecule has 0 saturated heterocycles. The van der Waals surface area contributed by atoms with Crippen LogP contribution in [0.25, 0.3) is 0 Å². The fourth-order valence-corrected chi connectivity index (χ4v) is 1.66. The van der Waals surface area contributed by atoms with E-state index in [1.54, 1.807) is 36.3 Å². The summed E-state index contributed by atoms with van der Waals surface area (Å²) in [6.07, 6.45) is 4.14. The Morgan fingerprint density at radius 3 is 3.00 bits per heavy atom. The molecular formula is C13H14FN3O. The first-order valence-corrected chi connectivity index (χ1v) is 5.66. The minimum Gasteiger partial charge on any atom is -0.323 e. The van der Waals surface area contributed by atoms with Crippen molar-refractivity contribution < 1.29 is 9.18 Å². The molecule has 0 bridgehead atoms. The number of benzene rings is 1. The first-order valence-electron chi connectivity index (χ1n) is 5.66. The van der Waals surface area contributed by atoms with Crippen molar-refractivity contribution >= 4 is 11.6 Å². The summed E-state index contributed by atoms with van der Waals surface area (Å²) in [6, 6.07) is 6.28. The SMILES string of the molecule is Cn1cc(NC(=O)CCc2cccc(F)c2)cn1. The topological polar surface area (TPSA) is 46.9 Å². The zero-order valence-electron chi connectivity index (χ0n) is 10.1. The molecule has 0 aliphatic heterocycles. The lowest BCUT2D eigenvalue weighted by molar-refractivity contribution is -0.116. The van der Waals surface area contributed by atoms with Crippen molar-refractivity contribution in [3.63, 3.8) is 0 Å². The van der Waals surface area contributed by atoms with Gasteiger partial charge in [0.2, 0.25) is 5.91 Å². The summed E-state index contributed by atoms with van der Waals surface area (Å²) in [7, 11) is 1.78. The number of nitrogens with one attached hydrogen (secondary N) is 1. The minimum absolute atomic E-state index is 0.104. The number of carbonyl (C=O) groups excluding carboxylic acids is 1. The van der Waals surface area contributed by atoms with Gasteiger partial charge >= 0.3 is 0 Å². The summed E-state index contributed by atoms with van der Waals surface area (Å²) in [4.78, 5) is 11.6. The van der Waals surface area contributed by atoms with Crippen molar-refractivity contribution in [1.82, 2.24) is 9.78 Å². The maximum atomic E-state index is 12.9. The van der Waals surface area contributed by atoms with Gasteiger partial charge in [-0.1, -0.05) is 12.1 Å². The summed E-state index contributed by atoms with van der Waals surface area (Å²) in [5.74, 6) is -0.382. The second-order valence-corrected chi connectivity index (χ2v) is 4.08. The van der Waals surface area contributed by atoms with E-state index < -0.39 is 0 Å². The molecule has 1 N–H and O–H groups in total. The van der Waals surface area contributed by atoms with Gasteiger partial charge in [-0.2, -0.15) is 5.10 Å². The zero-order valence-corrected chi connectivity index (χ0v) is 10.1. The number of amides is 1. The average molecular weight is 247 g/mol. The number of aryl methyl sites for hydroxylation is 2. The van der Waals surface area contributed by atoms with Crippen molar-refractivity contribution in [3.05, 3.63) is 48.0 Å². The fourth-order valence-electron chi connectivity index (χ4n) is 1.66. The highest BCUT2D eigenvalue weighted by atomic mass is 19.1. The van der Waals surface area contributed by atoms with Crippen LogP contribution in [0.15, 0.2) is 36.7 Å². The van der Waals surface area contributed by atoms with Gasteiger partial charge in [-0.3, -0.25) is 9.48 Å². The summed E-state index contributed by atoms with van der Waals surface area (Å²) in [5, 5.41) is 6.68. The predicted molar refractivity (Wildman–Crippen MR) is 66.6 cm³/mol. The van der Waals surface area contributed by atoms with Crippen LogP contribution in [-0.2, 0) is 18.3 Å². The smallest absolute Gasteiger partial charge is 0.224 e. The maximum Gasteiger partial charge on any atom is 0.224 e. The van der Waals surface area contributed by atoms with E-state index in [0.717, 1.165) is 5.56 Å². The van der Waals surface area contributed by atoms with Crippen LogP contribution in [0, 0.1) is 5.82 Å². The fraction of sp³-hybridized carbons (Fsp3) is 0.231. The standard InChI is InChI=1S/C13H14FN3O/c1-17-9-12(8-15-17)16-13(18)6-5-10-3-2-4-11(14)7-10/h2-4,7-9H,5-6H2,1H3,(H,16,18). The van der Waals surface area contributed by atoms with Crippen molar-refractivity contribution in [2.75, 3.05) is 5.32 Å². The number of rotatable bonds is 4. The first kappa shape index (κ1) is 12.3. The van der Waals surface area contributed by atoms with E-state index in [0.29, 0.717) is 18.5 Å². The van der Waals surface area contributed by atoms with Gasteiger partial charge < -0.3 is 5.32 Å². The van der Waals surface area contributed by atoms with Gasteiger partial charge in [-0.25, -0.2) is 4.39 Å². The van der Waals surface area contributed by atoms with Crippen LogP contribution in [0.1, 0.15) is 12.0 Å². The third-order valence-corrected chi connectivity index (χ3v) is 2.52. The van der Waals surface area contributed by atoms with Gasteiger partial charge in [-0.05, 0) is 24.1 Å². The van der Waals surface area contributed by atoms with E-state index in [-0.39, 0.29) is 11.7 Å². The highest BCUT2D eigenvalue weighted by Gasteiger charge is 2.04. The predicted octanol–water partition coefficient (Wildman–Crippen LogP) is 2.13. The van der Waals surface area contributed by atoms with E-state index in [2.05, 4.69) is 10.4 Å². The lowest BCUT2D eigenvalue weighted by Gasteiger charge is -2.03. The monoisotopic (exact) mass is 247 g/mol. The molecule has 1 aromatic carbocycles. The Labute approximate surface area is 104 Å². The third-order valence-electron chi connectivity index (χ3n) is 2.52. The molecule has 2 aromatic rings. The molecule has 1 heterocycles. The van der Waals surface area contributed by atoms with Crippen molar-refractivity contribution in [2.45, 2.75) is 12.8 Å². The molecule has 0 atom stereocenters.